The summed E-state index contributed by atoms with van der Waals surface area (Å²) in [6.45, 7) is 0.367. The molecule has 4 aromatic rings. The van der Waals surface area contributed by atoms with Crippen molar-refractivity contribution in [2.24, 2.45) is 0 Å². The van der Waals surface area contributed by atoms with Crippen LogP contribution in [0.1, 0.15) is 5.69 Å². The molecule has 0 unspecified atom stereocenters. The first kappa shape index (κ1) is 21.2. The van der Waals surface area contributed by atoms with Crippen molar-refractivity contribution in [3.63, 3.8) is 0 Å². The molecule has 0 fully saturated rings. The van der Waals surface area contributed by atoms with Crippen molar-refractivity contribution >= 4 is 16.7 Å². The van der Waals surface area contributed by atoms with Crippen LogP contribution in [0.4, 0.5) is 5.69 Å². The van der Waals surface area contributed by atoms with Gasteiger partial charge in [0.2, 0.25) is 5.88 Å². The smallest absolute Gasteiger partial charge is 0.336 e. The van der Waals surface area contributed by atoms with Crippen molar-refractivity contribution in [3.05, 3.63) is 62.9 Å². The fourth-order valence-electron chi connectivity index (χ4n) is 3.26. The number of benzene rings is 1. The SMILES string of the molecule is COc1ccc(-n2c(=O)[nH]c3nn(-c4ccc(NOO)cc4)c(CN(C)C)c3c2=O)nn1. The first-order chi connectivity index (χ1) is 15.4. The maximum atomic E-state index is 13.4. The summed E-state index contributed by atoms with van der Waals surface area (Å²) in [7, 11) is 5.15. The Morgan fingerprint density at radius 1 is 1.12 bits per heavy atom. The number of ether oxygens (including phenoxy) is 1. The number of hydrogen-bond acceptors (Lipinski definition) is 10. The summed E-state index contributed by atoms with van der Waals surface area (Å²) >= 11 is 0. The predicted molar refractivity (Wildman–Crippen MR) is 114 cm³/mol. The molecule has 0 aliphatic carbocycles. The second-order valence-corrected chi connectivity index (χ2v) is 7.06. The van der Waals surface area contributed by atoms with Gasteiger partial charge in [0.25, 0.3) is 5.56 Å². The summed E-state index contributed by atoms with van der Waals surface area (Å²) in [5.41, 5.74) is 2.91. The van der Waals surface area contributed by atoms with Crippen molar-refractivity contribution in [1.82, 2.24) is 34.4 Å². The molecule has 0 aliphatic rings. The van der Waals surface area contributed by atoms with Crippen LogP contribution in [-0.2, 0) is 11.5 Å². The average Bonchev–Trinajstić information content (AvgIpc) is 3.12. The van der Waals surface area contributed by atoms with Gasteiger partial charge in [-0.25, -0.2) is 24.8 Å². The molecular formula is C19H20N8O5. The third kappa shape index (κ3) is 3.82. The summed E-state index contributed by atoms with van der Waals surface area (Å²) < 4.78 is 7.47. The Morgan fingerprint density at radius 3 is 2.47 bits per heavy atom. The van der Waals surface area contributed by atoms with Crippen LogP contribution >= 0.6 is 0 Å². The Kier molecular flexibility index (Phi) is 5.68. The molecule has 3 N–H and O–H groups in total. The monoisotopic (exact) mass is 440 g/mol. The average molecular weight is 440 g/mol. The molecule has 3 heterocycles. The number of fused-ring (bicyclic) bond motifs is 1. The number of hydrogen-bond donors (Lipinski definition) is 3. The first-order valence-electron chi connectivity index (χ1n) is 9.39. The van der Waals surface area contributed by atoms with Gasteiger partial charge in [0.05, 0.1) is 24.2 Å². The number of anilines is 1. The van der Waals surface area contributed by atoms with Gasteiger partial charge in [-0.05, 0) is 44.4 Å². The van der Waals surface area contributed by atoms with Crippen LogP contribution in [0.25, 0.3) is 22.5 Å². The molecule has 4 rings (SSSR count). The third-order valence-corrected chi connectivity index (χ3v) is 4.63. The van der Waals surface area contributed by atoms with Gasteiger partial charge in [0, 0.05) is 12.6 Å². The number of methoxy groups -OCH3 is 1. The molecule has 0 saturated heterocycles. The lowest BCUT2D eigenvalue weighted by Crippen LogP contribution is -2.34. The highest BCUT2D eigenvalue weighted by molar-refractivity contribution is 5.78. The number of nitrogens with zero attached hydrogens (tertiary/aromatic N) is 6. The summed E-state index contributed by atoms with van der Waals surface area (Å²) in [6.07, 6.45) is 0. The zero-order valence-corrected chi connectivity index (χ0v) is 17.4. The third-order valence-electron chi connectivity index (χ3n) is 4.63. The molecule has 0 aliphatic heterocycles. The van der Waals surface area contributed by atoms with Gasteiger partial charge in [-0.2, -0.15) is 0 Å². The minimum atomic E-state index is -0.692. The first-order valence-corrected chi connectivity index (χ1v) is 9.39. The van der Waals surface area contributed by atoms with Crippen LogP contribution in [0.15, 0.2) is 46.0 Å². The maximum Gasteiger partial charge on any atom is 0.336 e. The molecule has 0 saturated carbocycles. The fraction of sp³-hybridized carbons (Fsp3) is 0.211. The second-order valence-electron chi connectivity index (χ2n) is 7.06. The molecule has 32 heavy (non-hydrogen) atoms. The van der Waals surface area contributed by atoms with E-state index in [1.54, 1.807) is 28.9 Å². The van der Waals surface area contributed by atoms with Gasteiger partial charge in [0.1, 0.15) is 5.39 Å². The number of rotatable bonds is 7. The van der Waals surface area contributed by atoms with Gasteiger partial charge < -0.3 is 9.64 Å². The number of aromatic amines is 1. The summed E-state index contributed by atoms with van der Waals surface area (Å²) in [4.78, 5) is 34.6. The van der Waals surface area contributed by atoms with Crippen LogP contribution in [-0.4, -0.2) is 60.9 Å². The van der Waals surface area contributed by atoms with Crippen LogP contribution in [0.5, 0.6) is 5.88 Å². The van der Waals surface area contributed by atoms with E-state index in [0.29, 0.717) is 23.6 Å². The van der Waals surface area contributed by atoms with Crippen LogP contribution < -0.4 is 21.5 Å². The molecule has 0 spiro atoms. The molecule has 13 nitrogen and oxygen atoms in total. The molecule has 0 radical (unpaired) electrons. The van der Waals surface area contributed by atoms with E-state index in [0.717, 1.165) is 4.57 Å². The van der Waals surface area contributed by atoms with Crippen molar-refractivity contribution in [1.29, 1.82) is 0 Å². The second kappa shape index (κ2) is 8.58. The zero-order chi connectivity index (χ0) is 22.8. The minimum Gasteiger partial charge on any atom is -0.480 e. The Balaban J connectivity index is 1.94. The van der Waals surface area contributed by atoms with E-state index in [1.807, 2.05) is 19.0 Å². The number of nitrogens with one attached hydrogen (secondary N) is 2. The van der Waals surface area contributed by atoms with E-state index in [1.165, 1.54) is 19.2 Å². The largest absolute Gasteiger partial charge is 0.480 e. The molecule has 166 valence electrons. The van der Waals surface area contributed by atoms with E-state index < -0.39 is 11.2 Å². The van der Waals surface area contributed by atoms with Gasteiger partial charge in [-0.1, -0.05) is 0 Å². The van der Waals surface area contributed by atoms with Crippen molar-refractivity contribution in [2.75, 3.05) is 26.7 Å². The van der Waals surface area contributed by atoms with Gasteiger partial charge >= 0.3 is 5.69 Å². The molecule has 0 amide bonds. The van der Waals surface area contributed by atoms with Gasteiger partial charge in [-0.15, -0.1) is 20.3 Å². The van der Waals surface area contributed by atoms with E-state index in [-0.39, 0.29) is 22.7 Å². The molecule has 1 aromatic carbocycles. The van der Waals surface area contributed by atoms with E-state index in [2.05, 4.69) is 30.7 Å². The highest BCUT2D eigenvalue weighted by atomic mass is 17.2. The number of H-pyrrole nitrogens is 1. The van der Waals surface area contributed by atoms with E-state index in [9.17, 15) is 9.59 Å². The normalized spacial score (nSPS) is 11.3. The van der Waals surface area contributed by atoms with E-state index in [4.69, 9.17) is 9.99 Å². The van der Waals surface area contributed by atoms with Gasteiger partial charge in [-0.3, -0.25) is 9.78 Å². The Hall–Kier alpha value is -4.07. The van der Waals surface area contributed by atoms with Gasteiger partial charge in [0.15, 0.2) is 11.5 Å². The molecule has 13 heteroatoms. The summed E-state index contributed by atoms with van der Waals surface area (Å²) in [6, 6.07) is 9.74. The lowest BCUT2D eigenvalue weighted by molar-refractivity contribution is -0.215. The Labute approximate surface area is 180 Å². The van der Waals surface area contributed by atoms with Crippen molar-refractivity contribution in [2.45, 2.75) is 6.54 Å². The highest BCUT2D eigenvalue weighted by Crippen LogP contribution is 2.20. The lowest BCUT2D eigenvalue weighted by Gasteiger charge is -2.13. The predicted octanol–water partition coefficient (Wildman–Crippen LogP) is 0.541. The quantitative estimate of drug-likeness (QED) is 0.274. The number of aromatic nitrogens is 6. The zero-order valence-electron chi connectivity index (χ0n) is 17.4. The Bertz CT molecular complexity index is 1360. The summed E-state index contributed by atoms with van der Waals surface area (Å²) in [5.74, 6) is 0.312. The minimum absolute atomic E-state index is 0.0573. The highest BCUT2D eigenvalue weighted by Gasteiger charge is 2.21. The molecule has 3 aromatic heterocycles. The fourth-order valence-corrected chi connectivity index (χ4v) is 3.26. The van der Waals surface area contributed by atoms with Crippen molar-refractivity contribution < 1.29 is 15.0 Å². The molecule has 0 atom stereocenters. The molecular weight excluding hydrogens is 420 g/mol. The topological polar surface area (TPSA) is 152 Å². The van der Waals surface area contributed by atoms with Crippen molar-refractivity contribution in [3.8, 4) is 17.4 Å². The van der Waals surface area contributed by atoms with Crippen LogP contribution in [0, 0.1) is 0 Å². The lowest BCUT2D eigenvalue weighted by atomic mass is 10.2. The van der Waals surface area contributed by atoms with E-state index >= 15 is 0 Å². The van der Waals surface area contributed by atoms with Crippen LogP contribution in [0.3, 0.4) is 0 Å². The Morgan fingerprint density at radius 2 is 1.88 bits per heavy atom. The maximum absolute atomic E-state index is 13.4. The standard InChI is InChI=1S/C19H20N8O5/c1-25(2)10-13-16-17(23-27(13)12-6-4-11(5-7-12)24-32-30)20-19(29)26(18(16)28)14-8-9-15(31-3)22-21-14/h4-9,24,30H,10H2,1-3H3,(H,20,23,29). The summed E-state index contributed by atoms with van der Waals surface area (Å²) in [5, 5.41) is 21.0. The molecule has 0 bridgehead atoms. The van der Waals surface area contributed by atoms with Crippen LogP contribution in [0.2, 0.25) is 0 Å².